The predicted molar refractivity (Wildman–Crippen MR) is 100 cm³/mol. The molecular weight excluding hydrogens is 418 g/mol. The summed E-state index contributed by atoms with van der Waals surface area (Å²) in [6.45, 7) is 1.48. The molecule has 2 aromatic rings. The maximum atomic E-state index is 12.3. The summed E-state index contributed by atoms with van der Waals surface area (Å²) in [7, 11) is 0. The molecule has 0 saturated heterocycles. The summed E-state index contributed by atoms with van der Waals surface area (Å²) in [5.74, 6) is -0.135. The first-order valence-electron chi connectivity index (χ1n) is 8.15. The van der Waals surface area contributed by atoms with Gasteiger partial charge in [0.1, 0.15) is 10.8 Å². The van der Waals surface area contributed by atoms with Gasteiger partial charge in [-0.1, -0.05) is 11.6 Å². The number of ether oxygens (including phenoxy) is 2. The van der Waals surface area contributed by atoms with Crippen LogP contribution in [0.2, 0.25) is 5.15 Å². The van der Waals surface area contributed by atoms with E-state index in [2.05, 4.69) is 26.4 Å². The first-order valence-corrected chi connectivity index (χ1v) is 8.53. The van der Waals surface area contributed by atoms with Gasteiger partial charge < -0.3 is 15.2 Å². The van der Waals surface area contributed by atoms with Crippen molar-refractivity contribution in [2.24, 2.45) is 0 Å². The topological polar surface area (TPSA) is 86.7 Å². The molecule has 0 saturated carbocycles. The van der Waals surface area contributed by atoms with Crippen LogP contribution in [0.3, 0.4) is 0 Å². The number of anilines is 2. The molecule has 0 aliphatic rings. The molecule has 7 nitrogen and oxygen atoms in total. The lowest BCUT2D eigenvalue weighted by atomic mass is 10.2. The van der Waals surface area contributed by atoms with Gasteiger partial charge in [-0.05, 0) is 19.3 Å². The molecule has 0 aromatic carbocycles. The molecule has 0 radical (unpaired) electrons. The van der Waals surface area contributed by atoms with E-state index in [9.17, 15) is 17.6 Å². The first-order chi connectivity index (χ1) is 13.7. The third-order valence-corrected chi connectivity index (χ3v) is 3.70. The molecule has 29 heavy (non-hydrogen) atoms. The number of alkyl halides is 4. The smallest absolute Gasteiger partial charge is 0.378 e. The molecule has 0 aliphatic heterocycles. The average molecular weight is 435 g/mol. The Morgan fingerprint density at radius 3 is 2.24 bits per heavy atom. The zero-order chi connectivity index (χ0) is 21.6. The molecule has 12 heteroatoms. The second-order valence-electron chi connectivity index (χ2n) is 5.69. The molecule has 2 heterocycles. The van der Waals surface area contributed by atoms with E-state index in [0.29, 0.717) is 16.8 Å². The Labute approximate surface area is 168 Å². The molecule has 0 fully saturated rings. The van der Waals surface area contributed by atoms with E-state index in [1.165, 1.54) is 12.1 Å². The minimum Gasteiger partial charge on any atom is -0.471 e. The summed E-state index contributed by atoms with van der Waals surface area (Å²) in [5, 5.41) is -0.00189. The highest BCUT2D eigenvalue weighted by atomic mass is 35.5. The van der Waals surface area contributed by atoms with Gasteiger partial charge in [0.25, 0.3) is 12.9 Å². The summed E-state index contributed by atoms with van der Waals surface area (Å²) in [6, 6.07) is 5.37. The maximum Gasteiger partial charge on any atom is 0.378 e. The largest absolute Gasteiger partial charge is 0.471 e. The molecule has 0 aliphatic carbocycles. The van der Waals surface area contributed by atoms with E-state index in [1.807, 2.05) is 0 Å². The number of nitrogens with zero attached hydrogens (tertiary/aromatic N) is 3. The zero-order valence-corrected chi connectivity index (χ0v) is 16.1. The van der Waals surface area contributed by atoms with Crippen molar-refractivity contribution in [3.8, 4) is 17.8 Å². The van der Waals surface area contributed by atoms with E-state index >= 15 is 0 Å². The minimum absolute atomic E-state index is 0.00189. The van der Waals surface area contributed by atoms with Crippen molar-refractivity contribution in [2.45, 2.75) is 26.7 Å². The number of nitrogen functional groups attached to an aromatic ring is 1. The number of hydrogen-bond donors (Lipinski definition) is 2. The Balaban J connectivity index is 2.21. The quantitative estimate of drug-likeness (QED) is 0.383. The van der Waals surface area contributed by atoms with Gasteiger partial charge in [-0.15, -0.1) is 0 Å². The van der Waals surface area contributed by atoms with Crippen molar-refractivity contribution < 1.29 is 27.0 Å². The fraction of sp³-hybridized carbons (Fsp3) is 0.353. The molecule has 0 bridgehead atoms. The third-order valence-electron chi connectivity index (χ3n) is 3.50. The number of halogens is 5. The second-order valence-corrected chi connectivity index (χ2v) is 6.08. The van der Waals surface area contributed by atoms with Crippen LogP contribution < -0.4 is 20.6 Å². The van der Waals surface area contributed by atoms with E-state index in [0.717, 1.165) is 0 Å². The highest BCUT2D eigenvalue weighted by Crippen LogP contribution is 2.27. The Kier molecular flexibility index (Phi) is 7.67. The molecular formula is C17H17ClF4N5O2+. The van der Waals surface area contributed by atoms with Gasteiger partial charge in [0.15, 0.2) is 18.9 Å². The fourth-order valence-corrected chi connectivity index (χ4v) is 2.23. The number of nitrogens with one attached hydrogen (secondary N) is 1. The Bertz CT molecular complexity index is 934. The zero-order valence-electron chi connectivity index (χ0n) is 15.3. The van der Waals surface area contributed by atoms with Crippen LogP contribution in [0.15, 0.2) is 12.1 Å². The molecule has 0 unspecified atom stereocenters. The van der Waals surface area contributed by atoms with Crippen molar-refractivity contribution >= 4 is 23.0 Å². The van der Waals surface area contributed by atoms with Crippen LogP contribution in [-0.2, 0) is 0 Å². The normalized spacial score (nSPS) is 10.7. The van der Waals surface area contributed by atoms with Crippen molar-refractivity contribution in [2.75, 3.05) is 24.4 Å². The molecule has 2 rings (SSSR count). The van der Waals surface area contributed by atoms with Gasteiger partial charge in [-0.25, -0.2) is 22.5 Å². The average Bonchev–Trinajstić information content (AvgIpc) is 2.64. The summed E-state index contributed by atoms with van der Waals surface area (Å²) in [5.41, 5.74) is 9.93. The van der Waals surface area contributed by atoms with Gasteiger partial charge >= 0.3 is 6.07 Å². The van der Waals surface area contributed by atoms with Gasteiger partial charge in [-0.3, -0.25) is 0 Å². The molecule has 0 atom stereocenters. The number of nitrogens with two attached hydrogens (primary N) is 1. The first kappa shape index (κ1) is 22.3. The van der Waals surface area contributed by atoms with Crippen LogP contribution in [0.4, 0.5) is 28.9 Å². The monoisotopic (exact) mass is 434 g/mol. The minimum atomic E-state index is -2.67. The summed E-state index contributed by atoms with van der Waals surface area (Å²) in [6.07, 6.45) is -5.33. The van der Waals surface area contributed by atoms with Gasteiger partial charge in [0.05, 0.1) is 4.95 Å². The van der Waals surface area contributed by atoms with E-state index in [-0.39, 0.29) is 28.3 Å². The van der Waals surface area contributed by atoms with Crippen molar-refractivity contribution in [3.05, 3.63) is 39.1 Å². The molecule has 156 valence electrons. The van der Waals surface area contributed by atoms with Crippen molar-refractivity contribution in [1.82, 2.24) is 9.97 Å². The Morgan fingerprint density at radius 2 is 1.66 bits per heavy atom. The highest BCUT2D eigenvalue weighted by Gasteiger charge is 2.15. The Hall–Kier alpha value is -3.00. The van der Waals surface area contributed by atoms with Crippen LogP contribution in [0.25, 0.3) is 4.95 Å². The van der Waals surface area contributed by atoms with Crippen molar-refractivity contribution in [1.29, 1.82) is 0 Å². The SMILES string of the molecule is Cc1c(N)cc(C#[N+]Nc2cc(Cl)nc(OCC(F)F)c2C)nc1OCC(F)F. The maximum absolute atomic E-state index is 12.3. The van der Waals surface area contributed by atoms with Crippen LogP contribution >= 0.6 is 11.6 Å². The standard InChI is InChI=1S/C17H17ClF4N5O2/c1-8-11(23)3-10(25-16(8)28-6-14(19)20)5-24-27-12-4-13(18)26-17(9(12)2)29-7-15(21)22/h3-4,14-15H,6-7H2,1-2H3,(H2,23,25)(H,26,27)/q+1. The van der Waals surface area contributed by atoms with Crippen molar-refractivity contribution in [3.63, 3.8) is 0 Å². The van der Waals surface area contributed by atoms with Gasteiger partial charge in [0, 0.05) is 28.9 Å². The Morgan fingerprint density at radius 1 is 1.07 bits per heavy atom. The lowest BCUT2D eigenvalue weighted by Crippen LogP contribution is -2.10. The molecule has 2 aromatic heterocycles. The molecule has 3 N–H and O–H groups in total. The number of pyridine rings is 2. The van der Waals surface area contributed by atoms with Crippen LogP contribution in [0, 0.1) is 19.9 Å². The fourth-order valence-electron chi connectivity index (χ4n) is 2.04. The third kappa shape index (κ3) is 6.53. The van der Waals surface area contributed by atoms with Crippen LogP contribution in [0.5, 0.6) is 11.8 Å². The number of rotatable bonds is 7. The molecule has 0 amide bonds. The summed E-state index contributed by atoms with van der Waals surface area (Å²) in [4.78, 5) is 11.7. The number of aromatic nitrogens is 2. The van der Waals surface area contributed by atoms with E-state index in [4.69, 9.17) is 26.8 Å². The number of hydrogen-bond acceptors (Lipinski definition) is 6. The predicted octanol–water partition coefficient (Wildman–Crippen LogP) is 4.32. The lowest BCUT2D eigenvalue weighted by molar-refractivity contribution is 0.0791. The van der Waals surface area contributed by atoms with Crippen LogP contribution in [0.1, 0.15) is 16.8 Å². The summed E-state index contributed by atoms with van der Waals surface area (Å²) < 4.78 is 59.2. The highest BCUT2D eigenvalue weighted by molar-refractivity contribution is 6.29. The van der Waals surface area contributed by atoms with Gasteiger partial charge in [0.2, 0.25) is 11.8 Å². The van der Waals surface area contributed by atoms with E-state index in [1.54, 1.807) is 13.8 Å². The van der Waals surface area contributed by atoms with Gasteiger partial charge in [-0.2, -0.15) is 4.98 Å². The van der Waals surface area contributed by atoms with E-state index < -0.39 is 26.1 Å². The van der Waals surface area contributed by atoms with Crippen LogP contribution in [-0.4, -0.2) is 36.0 Å². The molecule has 0 spiro atoms. The second kappa shape index (κ2) is 9.97. The lowest BCUT2D eigenvalue weighted by Gasteiger charge is -2.09. The summed E-state index contributed by atoms with van der Waals surface area (Å²) >= 11 is 5.87.